The molecule has 2 rings (SSSR count). The first-order chi connectivity index (χ1) is 9.47. The molecule has 1 saturated heterocycles. The maximum atomic E-state index is 12.0. The predicted octanol–water partition coefficient (Wildman–Crippen LogP) is 1.05. The Hall–Kier alpha value is -2.28. The number of carbonyl (C=O) groups is 2. The van der Waals surface area contributed by atoms with Crippen LogP contribution in [0.1, 0.15) is 23.2 Å². The number of rotatable bonds is 2. The van der Waals surface area contributed by atoms with Gasteiger partial charge in [0.2, 0.25) is 0 Å². The Labute approximate surface area is 116 Å². The molecule has 0 bridgehead atoms. The molecular weight excluding hydrogens is 262 g/mol. The number of likely N-dealkylation sites (tertiary alicyclic amines) is 1. The van der Waals surface area contributed by atoms with E-state index in [2.05, 4.69) is 5.32 Å². The Bertz CT molecular complexity index is 524. The van der Waals surface area contributed by atoms with Crippen molar-refractivity contribution in [2.45, 2.75) is 18.9 Å². The van der Waals surface area contributed by atoms with E-state index in [1.807, 2.05) is 0 Å². The van der Waals surface area contributed by atoms with Crippen LogP contribution in [0, 0.1) is 0 Å². The zero-order chi connectivity index (χ0) is 14.7. The summed E-state index contributed by atoms with van der Waals surface area (Å²) in [6.45, 7) is 1.18. The maximum absolute atomic E-state index is 12.0. The van der Waals surface area contributed by atoms with Crippen molar-refractivity contribution in [3.05, 3.63) is 23.8 Å². The highest BCUT2D eigenvalue weighted by atomic mass is 16.4. The number of anilines is 1. The SMILES string of the molecule is NC1CCN(C(=O)Nc2ccc(C(=O)O)c(O)c2)CC1. The van der Waals surface area contributed by atoms with Crippen molar-refractivity contribution in [3.63, 3.8) is 0 Å². The average Bonchev–Trinajstić information content (AvgIpc) is 2.39. The molecule has 0 spiro atoms. The topological polar surface area (TPSA) is 116 Å². The molecule has 1 aromatic rings. The fraction of sp³-hybridized carbons (Fsp3) is 0.385. The van der Waals surface area contributed by atoms with Crippen molar-refractivity contribution in [1.82, 2.24) is 4.90 Å². The van der Waals surface area contributed by atoms with Gasteiger partial charge in [0.1, 0.15) is 11.3 Å². The zero-order valence-electron chi connectivity index (χ0n) is 10.9. The Morgan fingerprint density at radius 1 is 1.30 bits per heavy atom. The first-order valence-electron chi connectivity index (χ1n) is 6.35. The van der Waals surface area contributed by atoms with Gasteiger partial charge in [-0.3, -0.25) is 0 Å². The number of carboxylic acids is 1. The van der Waals surface area contributed by atoms with Crippen LogP contribution in [0.2, 0.25) is 0 Å². The van der Waals surface area contributed by atoms with Gasteiger partial charge in [-0.1, -0.05) is 0 Å². The van der Waals surface area contributed by atoms with E-state index in [4.69, 9.17) is 10.8 Å². The largest absolute Gasteiger partial charge is 0.507 e. The molecule has 20 heavy (non-hydrogen) atoms. The number of phenols is 1. The lowest BCUT2D eigenvalue weighted by molar-refractivity contribution is 0.0694. The molecule has 5 N–H and O–H groups in total. The molecule has 0 aliphatic carbocycles. The Balaban J connectivity index is 2.01. The van der Waals surface area contributed by atoms with E-state index in [0.717, 1.165) is 12.8 Å². The molecule has 1 heterocycles. The van der Waals surface area contributed by atoms with Gasteiger partial charge in [0.05, 0.1) is 0 Å². The number of carboxylic acid groups (broad SMARTS) is 1. The number of benzene rings is 1. The van der Waals surface area contributed by atoms with Crippen molar-refractivity contribution in [3.8, 4) is 5.75 Å². The summed E-state index contributed by atoms with van der Waals surface area (Å²) < 4.78 is 0. The van der Waals surface area contributed by atoms with E-state index < -0.39 is 5.97 Å². The van der Waals surface area contributed by atoms with E-state index in [-0.39, 0.29) is 23.4 Å². The van der Waals surface area contributed by atoms with E-state index in [0.29, 0.717) is 18.8 Å². The molecule has 0 radical (unpaired) electrons. The van der Waals surface area contributed by atoms with Crippen molar-refractivity contribution < 1.29 is 19.8 Å². The molecule has 1 fully saturated rings. The average molecular weight is 279 g/mol. The van der Waals surface area contributed by atoms with E-state index in [9.17, 15) is 14.7 Å². The normalized spacial score (nSPS) is 15.9. The van der Waals surface area contributed by atoms with Gasteiger partial charge in [-0.2, -0.15) is 0 Å². The van der Waals surface area contributed by atoms with Crippen LogP contribution in [-0.4, -0.2) is 46.2 Å². The third kappa shape index (κ3) is 3.18. The van der Waals surface area contributed by atoms with Gasteiger partial charge < -0.3 is 26.2 Å². The molecule has 0 unspecified atom stereocenters. The van der Waals surface area contributed by atoms with Crippen LogP contribution in [0.5, 0.6) is 5.75 Å². The number of nitrogens with two attached hydrogens (primary N) is 1. The summed E-state index contributed by atoms with van der Waals surface area (Å²) >= 11 is 0. The van der Waals surface area contributed by atoms with Gasteiger partial charge in [-0.05, 0) is 25.0 Å². The quantitative estimate of drug-likeness (QED) is 0.645. The Kier molecular flexibility index (Phi) is 4.09. The van der Waals surface area contributed by atoms with Crippen LogP contribution in [0.4, 0.5) is 10.5 Å². The lowest BCUT2D eigenvalue weighted by Crippen LogP contribution is -2.44. The number of piperidine rings is 1. The molecule has 1 aliphatic heterocycles. The standard InChI is InChI=1S/C13H17N3O4/c14-8-3-5-16(6-4-8)13(20)15-9-1-2-10(12(18)19)11(17)7-9/h1-2,7-8,17H,3-6,14H2,(H,15,20)(H,18,19). The summed E-state index contributed by atoms with van der Waals surface area (Å²) in [7, 11) is 0. The highest BCUT2D eigenvalue weighted by Crippen LogP contribution is 2.22. The number of amides is 2. The second kappa shape index (κ2) is 5.79. The molecule has 2 amide bonds. The number of nitrogens with zero attached hydrogens (tertiary/aromatic N) is 1. The summed E-state index contributed by atoms with van der Waals surface area (Å²) in [4.78, 5) is 24.4. The smallest absolute Gasteiger partial charge is 0.339 e. The second-order valence-corrected chi connectivity index (χ2v) is 4.79. The number of hydrogen-bond donors (Lipinski definition) is 4. The lowest BCUT2D eigenvalue weighted by Gasteiger charge is -2.30. The Morgan fingerprint density at radius 2 is 1.95 bits per heavy atom. The molecule has 0 saturated carbocycles. The van der Waals surface area contributed by atoms with E-state index in [1.54, 1.807) is 4.90 Å². The number of nitrogens with one attached hydrogen (secondary N) is 1. The third-order valence-electron chi connectivity index (χ3n) is 3.31. The third-order valence-corrected chi connectivity index (χ3v) is 3.31. The van der Waals surface area contributed by atoms with Gasteiger partial charge in [0.25, 0.3) is 0 Å². The van der Waals surface area contributed by atoms with Gasteiger partial charge in [-0.25, -0.2) is 9.59 Å². The summed E-state index contributed by atoms with van der Waals surface area (Å²) in [6, 6.07) is 3.77. The van der Waals surface area contributed by atoms with Crippen LogP contribution in [0.25, 0.3) is 0 Å². The molecule has 0 aromatic heterocycles. The number of urea groups is 1. The van der Waals surface area contributed by atoms with E-state index >= 15 is 0 Å². The minimum atomic E-state index is -1.22. The molecule has 7 heteroatoms. The maximum Gasteiger partial charge on any atom is 0.339 e. The first-order valence-corrected chi connectivity index (χ1v) is 6.35. The number of aromatic carboxylic acids is 1. The summed E-state index contributed by atoms with van der Waals surface area (Å²) in [6.07, 6.45) is 1.52. The minimum Gasteiger partial charge on any atom is -0.507 e. The van der Waals surface area contributed by atoms with Gasteiger partial charge in [0.15, 0.2) is 0 Å². The van der Waals surface area contributed by atoms with Crippen LogP contribution in [0.15, 0.2) is 18.2 Å². The van der Waals surface area contributed by atoms with Crippen molar-refractivity contribution in [2.24, 2.45) is 5.73 Å². The minimum absolute atomic E-state index is 0.137. The Morgan fingerprint density at radius 3 is 2.50 bits per heavy atom. The van der Waals surface area contributed by atoms with Gasteiger partial charge in [0, 0.05) is 30.9 Å². The highest BCUT2D eigenvalue weighted by molar-refractivity contribution is 5.94. The van der Waals surface area contributed by atoms with E-state index in [1.165, 1.54) is 18.2 Å². The first kappa shape index (κ1) is 14.1. The van der Waals surface area contributed by atoms with Crippen LogP contribution in [0.3, 0.4) is 0 Å². The van der Waals surface area contributed by atoms with Crippen LogP contribution < -0.4 is 11.1 Å². The molecule has 0 atom stereocenters. The van der Waals surface area contributed by atoms with Crippen LogP contribution in [-0.2, 0) is 0 Å². The molecule has 1 aliphatic rings. The van der Waals surface area contributed by atoms with Crippen molar-refractivity contribution >= 4 is 17.7 Å². The predicted molar refractivity (Wildman–Crippen MR) is 72.9 cm³/mol. The molecular formula is C13H17N3O4. The number of carbonyl (C=O) groups excluding carboxylic acids is 1. The summed E-state index contributed by atoms with van der Waals surface area (Å²) in [5, 5.41) is 21.0. The zero-order valence-corrected chi connectivity index (χ0v) is 10.9. The monoisotopic (exact) mass is 279 g/mol. The van der Waals surface area contributed by atoms with Crippen LogP contribution >= 0.6 is 0 Å². The molecule has 108 valence electrons. The summed E-state index contributed by atoms with van der Waals surface area (Å²) in [5.41, 5.74) is 5.92. The van der Waals surface area contributed by atoms with Crippen molar-refractivity contribution in [1.29, 1.82) is 0 Å². The number of aromatic hydroxyl groups is 1. The number of hydrogen-bond acceptors (Lipinski definition) is 4. The fourth-order valence-electron chi connectivity index (χ4n) is 2.10. The lowest BCUT2D eigenvalue weighted by atomic mass is 10.1. The fourth-order valence-corrected chi connectivity index (χ4v) is 2.10. The second-order valence-electron chi connectivity index (χ2n) is 4.79. The highest BCUT2D eigenvalue weighted by Gasteiger charge is 2.20. The summed E-state index contributed by atoms with van der Waals surface area (Å²) in [5.74, 6) is -1.60. The molecule has 7 nitrogen and oxygen atoms in total. The van der Waals surface area contributed by atoms with Crippen molar-refractivity contribution in [2.75, 3.05) is 18.4 Å². The molecule has 1 aromatic carbocycles. The van der Waals surface area contributed by atoms with Gasteiger partial charge in [-0.15, -0.1) is 0 Å². The van der Waals surface area contributed by atoms with Gasteiger partial charge >= 0.3 is 12.0 Å².